The third-order valence-corrected chi connectivity index (χ3v) is 6.24. The maximum atomic E-state index is 4.93. The molecule has 29 heavy (non-hydrogen) atoms. The van der Waals surface area contributed by atoms with Gasteiger partial charge in [0.25, 0.3) is 0 Å². The fourth-order valence-corrected chi connectivity index (χ4v) is 4.31. The summed E-state index contributed by atoms with van der Waals surface area (Å²) in [6.07, 6.45) is 3.54. The molecule has 1 aromatic rings. The number of nitrogens with zero attached hydrogens (tertiary/aromatic N) is 3. The Bertz CT molecular complexity index is 640. The van der Waals surface area contributed by atoms with Crippen LogP contribution >= 0.6 is 24.0 Å². The van der Waals surface area contributed by atoms with Gasteiger partial charge in [0.15, 0.2) is 5.96 Å². The standard InChI is InChI=1S/C23H39N5.HI/c1-5-24-23(26-22-11-14-27(15-12-22)18(2)3)25-16-19(4)28-13-10-20-8-6-7-9-21(20)17-28;/h6-9,18-19,22H,5,10-17H2,1-4H3,(H2,24,25,26);1H. The zero-order chi connectivity index (χ0) is 19.9. The maximum absolute atomic E-state index is 4.93. The molecule has 0 saturated carbocycles. The van der Waals surface area contributed by atoms with Crippen molar-refractivity contribution in [3.63, 3.8) is 0 Å². The van der Waals surface area contributed by atoms with Gasteiger partial charge >= 0.3 is 0 Å². The average molecular weight is 514 g/mol. The van der Waals surface area contributed by atoms with Gasteiger partial charge in [0.05, 0.1) is 6.54 Å². The Morgan fingerprint density at radius 2 is 1.76 bits per heavy atom. The molecule has 1 atom stereocenters. The second kappa shape index (κ2) is 12.1. The summed E-state index contributed by atoms with van der Waals surface area (Å²) >= 11 is 0. The molecule has 3 rings (SSSR count). The highest BCUT2D eigenvalue weighted by Gasteiger charge is 2.22. The van der Waals surface area contributed by atoms with Gasteiger partial charge in [-0.1, -0.05) is 24.3 Å². The van der Waals surface area contributed by atoms with Gasteiger partial charge in [-0.3, -0.25) is 9.89 Å². The molecule has 1 fully saturated rings. The number of fused-ring (bicyclic) bond motifs is 1. The molecule has 2 heterocycles. The van der Waals surface area contributed by atoms with Crippen LogP contribution in [0.2, 0.25) is 0 Å². The molecule has 164 valence electrons. The van der Waals surface area contributed by atoms with Crippen LogP contribution < -0.4 is 10.6 Å². The van der Waals surface area contributed by atoms with Crippen molar-refractivity contribution in [3.05, 3.63) is 35.4 Å². The Morgan fingerprint density at radius 1 is 1.07 bits per heavy atom. The molecule has 2 aliphatic heterocycles. The van der Waals surface area contributed by atoms with Crippen LogP contribution in [0.15, 0.2) is 29.3 Å². The fraction of sp³-hybridized carbons (Fsp3) is 0.696. The number of guanidine groups is 1. The fourth-order valence-electron chi connectivity index (χ4n) is 4.31. The molecule has 0 bridgehead atoms. The maximum Gasteiger partial charge on any atom is 0.191 e. The summed E-state index contributed by atoms with van der Waals surface area (Å²) < 4.78 is 0. The minimum Gasteiger partial charge on any atom is -0.357 e. The highest BCUT2D eigenvalue weighted by atomic mass is 127. The third kappa shape index (κ3) is 7.10. The zero-order valence-corrected chi connectivity index (χ0v) is 21.0. The van der Waals surface area contributed by atoms with Crippen molar-refractivity contribution in [1.82, 2.24) is 20.4 Å². The van der Waals surface area contributed by atoms with Gasteiger partial charge in [-0.15, -0.1) is 24.0 Å². The van der Waals surface area contributed by atoms with Gasteiger partial charge in [0, 0.05) is 50.8 Å². The summed E-state index contributed by atoms with van der Waals surface area (Å²) in [4.78, 5) is 10.1. The Labute approximate surface area is 194 Å². The van der Waals surface area contributed by atoms with Gasteiger partial charge in [-0.05, 0) is 58.1 Å². The summed E-state index contributed by atoms with van der Waals surface area (Å²) in [5.41, 5.74) is 2.99. The third-order valence-electron chi connectivity index (χ3n) is 6.24. The van der Waals surface area contributed by atoms with Crippen molar-refractivity contribution < 1.29 is 0 Å². The summed E-state index contributed by atoms with van der Waals surface area (Å²) in [6.45, 7) is 15.3. The topological polar surface area (TPSA) is 42.9 Å². The molecule has 1 aromatic carbocycles. The summed E-state index contributed by atoms with van der Waals surface area (Å²) in [5.74, 6) is 0.981. The lowest BCUT2D eigenvalue weighted by molar-refractivity contribution is 0.167. The number of aliphatic imine (C=N–C) groups is 1. The Balaban J connectivity index is 0.00000300. The Morgan fingerprint density at radius 3 is 2.41 bits per heavy atom. The van der Waals surface area contributed by atoms with E-state index in [-0.39, 0.29) is 24.0 Å². The van der Waals surface area contributed by atoms with Crippen molar-refractivity contribution in [3.8, 4) is 0 Å². The van der Waals surface area contributed by atoms with Crippen molar-refractivity contribution in [1.29, 1.82) is 0 Å². The lowest BCUT2D eigenvalue weighted by Crippen LogP contribution is -2.50. The largest absolute Gasteiger partial charge is 0.357 e. The van der Waals surface area contributed by atoms with Crippen LogP contribution in [-0.4, -0.2) is 66.6 Å². The Hall–Kier alpha value is -0.860. The second-order valence-electron chi connectivity index (χ2n) is 8.61. The molecule has 0 radical (unpaired) electrons. The van der Waals surface area contributed by atoms with Crippen LogP contribution in [0, 0.1) is 0 Å². The molecule has 6 heteroatoms. The number of nitrogens with one attached hydrogen (secondary N) is 2. The molecular weight excluding hydrogens is 473 g/mol. The minimum atomic E-state index is 0. The minimum absolute atomic E-state index is 0. The predicted octanol–water partition coefficient (Wildman–Crippen LogP) is 3.48. The van der Waals surface area contributed by atoms with E-state index in [1.807, 2.05) is 0 Å². The van der Waals surface area contributed by atoms with Gasteiger partial charge in [-0.2, -0.15) is 0 Å². The van der Waals surface area contributed by atoms with Crippen molar-refractivity contribution in [2.24, 2.45) is 4.99 Å². The first-order valence-electron chi connectivity index (χ1n) is 11.2. The van der Waals surface area contributed by atoms with Crippen LogP contribution in [0.1, 0.15) is 51.7 Å². The summed E-state index contributed by atoms with van der Waals surface area (Å²) in [7, 11) is 0. The van der Waals surface area contributed by atoms with Gasteiger partial charge in [0.1, 0.15) is 0 Å². The van der Waals surface area contributed by atoms with Crippen molar-refractivity contribution in [2.45, 2.75) is 71.6 Å². The molecule has 5 nitrogen and oxygen atoms in total. The first-order chi connectivity index (χ1) is 13.6. The molecule has 2 N–H and O–H groups in total. The van der Waals surface area contributed by atoms with Crippen LogP contribution in [0.3, 0.4) is 0 Å². The number of rotatable bonds is 6. The number of likely N-dealkylation sites (tertiary alicyclic amines) is 1. The molecule has 0 aliphatic carbocycles. The zero-order valence-electron chi connectivity index (χ0n) is 18.7. The van der Waals surface area contributed by atoms with Crippen molar-refractivity contribution in [2.75, 3.05) is 32.7 Å². The first-order valence-corrected chi connectivity index (χ1v) is 11.2. The molecule has 0 amide bonds. The Kier molecular flexibility index (Phi) is 10.2. The van der Waals surface area contributed by atoms with Crippen LogP contribution in [-0.2, 0) is 13.0 Å². The predicted molar refractivity (Wildman–Crippen MR) is 134 cm³/mol. The number of halogens is 1. The van der Waals surface area contributed by atoms with E-state index in [9.17, 15) is 0 Å². The molecule has 2 aliphatic rings. The number of hydrogen-bond donors (Lipinski definition) is 2. The molecular formula is C23H40IN5. The lowest BCUT2D eigenvalue weighted by Gasteiger charge is -2.35. The highest BCUT2D eigenvalue weighted by Crippen LogP contribution is 2.20. The quantitative estimate of drug-likeness (QED) is 0.348. The van der Waals surface area contributed by atoms with Gasteiger partial charge < -0.3 is 15.5 Å². The van der Waals surface area contributed by atoms with E-state index in [1.54, 1.807) is 0 Å². The van der Waals surface area contributed by atoms with Crippen molar-refractivity contribution >= 4 is 29.9 Å². The van der Waals surface area contributed by atoms with Gasteiger partial charge in [-0.25, -0.2) is 0 Å². The van der Waals surface area contributed by atoms with E-state index in [0.29, 0.717) is 18.1 Å². The number of benzene rings is 1. The second-order valence-corrected chi connectivity index (χ2v) is 8.61. The smallest absolute Gasteiger partial charge is 0.191 e. The average Bonchev–Trinajstić information content (AvgIpc) is 2.72. The monoisotopic (exact) mass is 513 g/mol. The van der Waals surface area contributed by atoms with E-state index in [2.05, 4.69) is 72.4 Å². The van der Waals surface area contributed by atoms with E-state index in [4.69, 9.17) is 4.99 Å². The molecule has 1 saturated heterocycles. The SMILES string of the molecule is CCNC(=NCC(C)N1CCc2ccccc2C1)NC1CCN(C(C)C)CC1.I. The van der Waals surface area contributed by atoms with E-state index in [1.165, 1.54) is 37.1 Å². The van der Waals surface area contributed by atoms with Crippen LogP contribution in [0.4, 0.5) is 0 Å². The summed E-state index contributed by atoms with van der Waals surface area (Å²) in [6, 6.07) is 10.5. The molecule has 0 spiro atoms. The summed E-state index contributed by atoms with van der Waals surface area (Å²) in [5, 5.41) is 7.13. The highest BCUT2D eigenvalue weighted by molar-refractivity contribution is 14.0. The first kappa shape index (κ1) is 24.4. The molecule has 1 unspecified atom stereocenters. The number of piperidine rings is 1. The number of hydrogen-bond acceptors (Lipinski definition) is 3. The van der Waals surface area contributed by atoms with E-state index >= 15 is 0 Å². The van der Waals surface area contributed by atoms with E-state index in [0.717, 1.165) is 38.6 Å². The lowest BCUT2D eigenvalue weighted by atomic mass is 9.99. The van der Waals surface area contributed by atoms with E-state index < -0.39 is 0 Å². The van der Waals surface area contributed by atoms with Gasteiger partial charge in [0.2, 0.25) is 0 Å². The van der Waals surface area contributed by atoms with Crippen LogP contribution in [0.25, 0.3) is 0 Å². The van der Waals surface area contributed by atoms with Crippen LogP contribution in [0.5, 0.6) is 0 Å². The normalized spacial score (nSPS) is 20.1. The molecule has 0 aromatic heterocycles.